The number of hydrogen-bond donors (Lipinski definition) is 1. The van der Waals surface area contributed by atoms with E-state index in [0.717, 1.165) is 32.4 Å². The first-order valence-corrected chi connectivity index (χ1v) is 11.8. The van der Waals surface area contributed by atoms with Crippen LogP contribution in [-0.4, -0.2) is 36.2 Å². The van der Waals surface area contributed by atoms with Gasteiger partial charge in [0, 0.05) is 29.4 Å². The number of aromatic nitrogens is 3. The fourth-order valence-corrected chi connectivity index (χ4v) is 5.15. The number of rotatable bonds is 5. The third kappa shape index (κ3) is 3.95. The highest BCUT2D eigenvalue weighted by atomic mass is 32.2. The molecule has 0 amide bonds. The number of nitrogens with one attached hydrogen (secondary N) is 1. The van der Waals surface area contributed by atoms with Crippen LogP contribution in [0.2, 0.25) is 0 Å². The van der Waals surface area contributed by atoms with Crippen molar-refractivity contribution in [1.82, 2.24) is 19.3 Å². The van der Waals surface area contributed by atoms with Gasteiger partial charge in [0.25, 0.3) is 0 Å². The molecule has 7 nitrogen and oxygen atoms in total. The number of hydrogen-bond acceptors (Lipinski definition) is 5. The molecule has 0 saturated heterocycles. The van der Waals surface area contributed by atoms with E-state index in [2.05, 4.69) is 22.0 Å². The van der Waals surface area contributed by atoms with E-state index in [1.807, 2.05) is 9.29 Å². The molecule has 1 fully saturated rings. The van der Waals surface area contributed by atoms with E-state index in [-0.39, 0.29) is 10.9 Å². The summed E-state index contributed by atoms with van der Waals surface area (Å²) in [6.07, 6.45) is 6.16. The molecule has 174 valence electrons. The van der Waals surface area contributed by atoms with Crippen molar-refractivity contribution in [3.63, 3.8) is 0 Å². The Morgan fingerprint density at radius 1 is 1.29 bits per heavy atom. The van der Waals surface area contributed by atoms with Gasteiger partial charge in [-0.05, 0) is 44.4 Å². The molecule has 11 heteroatoms. The molecule has 3 aromatic rings. The zero-order valence-electron chi connectivity index (χ0n) is 17.9. The zero-order valence-corrected chi connectivity index (χ0v) is 18.7. The number of pyridine rings is 2. The van der Waals surface area contributed by atoms with Gasteiger partial charge in [-0.25, -0.2) is 18.7 Å². The second kappa shape index (κ2) is 8.62. The fourth-order valence-electron chi connectivity index (χ4n) is 3.78. The Kier molecular flexibility index (Phi) is 5.96. The van der Waals surface area contributed by atoms with Gasteiger partial charge in [0.2, 0.25) is 5.23 Å². The van der Waals surface area contributed by atoms with Gasteiger partial charge in [0.15, 0.2) is 0 Å². The Bertz CT molecular complexity index is 1500. The maximum Gasteiger partial charge on any atom is 0.404 e. The molecule has 1 saturated carbocycles. The molecule has 0 spiro atoms. The molecule has 0 aliphatic heterocycles. The van der Waals surface area contributed by atoms with Crippen LogP contribution in [0.15, 0.2) is 35.5 Å². The lowest BCUT2D eigenvalue weighted by atomic mass is 9.92. The molecule has 2 atom stereocenters. The van der Waals surface area contributed by atoms with E-state index in [1.165, 1.54) is 17.4 Å². The number of halogens is 3. The second-order valence-corrected chi connectivity index (χ2v) is 9.92. The Labute approximate surface area is 193 Å². The summed E-state index contributed by atoms with van der Waals surface area (Å²) in [5.74, 6) is 2.50. The smallest absolute Gasteiger partial charge is 0.320 e. The Hall–Kier alpha value is -3.63. The number of carbonyl (C=O) groups excluding carboxylic acids is 1. The van der Waals surface area contributed by atoms with Crippen LogP contribution in [0, 0.1) is 23.7 Å². The van der Waals surface area contributed by atoms with E-state index in [1.54, 1.807) is 12.3 Å². The molecule has 1 unspecified atom stereocenters. The number of terminal acetylenes is 1. The summed E-state index contributed by atoms with van der Waals surface area (Å²) in [5, 5.41) is 11.7. The third-order valence-corrected chi connectivity index (χ3v) is 7.65. The van der Waals surface area contributed by atoms with Gasteiger partial charge in [-0.15, -0.1) is 6.42 Å². The first-order chi connectivity index (χ1) is 16.1. The average Bonchev–Trinajstić information content (AvgIpc) is 3.10. The van der Waals surface area contributed by atoms with Crippen molar-refractivity contribution in [1.29, 1.82) is 5.26 Å². The van der Waals surface area contributed by atoms with Crippen molar-refractivity contribution in [2.45, 2.75) is 49.3 Å². The summed E-state index contributed by atoms with van der Waals surface area (Å²) < 4.78 is 55.4. The van der Waals surface area contributed by atoms with E-state index < -0.39 is 21.9 Å². The number of nitriles is 1. The van der Waals surface area contributed by atoms with Crippen molar-refractivity contribution >= 4 is 26.0 Å². The van der Waals surface area contributed by atoms with Gasteiger partial charge in [-0.1, -0.05) is 5.92 Å². The summed E-state index contributed by atoms with van der Waals surface area (Å²) in [4.78, 5) is 19.9. The van der Waals surface area contributed by atoms with Crippen LogP contribution in [0.5, 0.6) is 0 Å². The highest BCUT2D eigenvalue weighted by Crippen LogP contribution is 2.41. The van der Waals surface area contributed by atoms with Crippen LogP contribution in [0.3, 0.4) is 0 Å². The molecule has 1 aliphatic rings. The highest BCUT2D eigenvalue weighted by molar-refractivity contribution is 7.98. The standard InChI is InChI=1S/C23H18F3N5O2S/c1-3-15-9-18-19(10-27)21(31(16-5-4-6-16)22(18)29-11-15)20-8-7-17(12-28-20)34(33,13-32)30-14(2)23(24,25)26/h1,7-9,11-12,14,16H,4-6H2,2H3,(H,30,33)/t14-,34?/m0/s1. The first kappa shape index (κ1) is 23.5. The normalized spacial score (nSPS) is 16.6. The van der Waals surface area contributed by atoms with Crippen molar-refractivity contribution in [2.75, 3.05) is 0 Å². The predicted molar refractivity (Wildman–Crippen MR) is 119 cm³/mol. The molecule has 1 N–H and O–H groups in total. The van der Waals surface area contributed by atoms with Crippen LogP contribution in [0.1, 0.15) is 43.4 Å². The minimum absolute atomic E-state index is 0.0899. The van der Waals surface area contributed by atoms with Crippen LogP contribution < -0.4 is 4.72 Å². The van der Waals surface area contributed by atoms with E-state index in [4.69, 9.17) is 6.42 Å². The largest absolute Gasteiger partial charge is 0.404 e. The lowest BCUT2D eigenvalue weighted by Crippen LogP contribution is -2.43. The van der Waals surface area contributed by atoms with Crippen LogP contribution in [0.4, 0.5) is 13.2 Å². The lowest BCUT2D eigenvalue weighted by Gasteiger charge is -2.29. The predicted octanol–water partition coefficient (Wildman–Crippen LogP) is 3.84. The highest BCUT2D eigenvalue weighted by Gasteiger charge is 2.38. The van der Waals surface area contributed by atoms with Gasteiger partial charge in [0.1, 0.15) is 27.5 Å². The minimum Gasteiger partial charge on any atom is -0.320 e. The summed E-state index contributed by atoms with van der Waals surface area (Å²) >= 11 is 0. The van der Waals surface area contributed by atoms with Crippen LogP contribution in [0.25, 0.3) is 22.4 Å². The van der Waals surface area contributed by atoms with Gasteiger partial charge in [-0.2, -0.15) is 18.4 Å². The molecule has 0 bridgehead atoms. The maximum atomic E-state index is 12.9. The molecular formula is C23H18F3N5O2S. The molecule has 34 heavy (non-hydrogen) atoms. The lowest BCUT2D eigenvalue weighted by molar-refractivity contribution is -0.146. The molecule has 0 aromatic carbocycles. The first-order valence-electron chi connectivity index (χ1n) is 10.3. The number of nitrogens with zero attached hydrogens (tertiary/aromatic N) is 4. The SMILES string of the molecule is C#Cc1cnc2c(c1)c(C#N)c(-c1ccc(S(=O)(=C=O)N[C@@H](C)C(F)(F)F)cn1)n2C1CCC1. The third-order valence-electron chi connectivity index (χ3n) is 5.82. The van der Waals surface area contributed by atoms with Gasteiger partial charge < -0.3 is 4.57 Å². The quantitative estimate of drug-likeness (QED) is 0.437. The Morgan fingerprint density at radius 3 is 2.53 bits per heavy atom. The molecule has 4 rings (SSSR count). The Balaban J connectivity index is 1.85. The number of fused-ring (bicyclic) bond motifs is 1. The van der Waals surface area contributed by atoms with E-state index in [0.29, 0.717) is 33.5 Å². The molecule has 1 aliphatic carbocycles. The second-order valence-electron chi connectivity index (χ2n) is 7.93. The van der Waals surface area contributed by atoms with Crippen molar-refractivity contribution in [3.05, 3.63) is 41.7 Å². The summed E-state index contributed by atoms with van der Waals surface area (Å²) in [5.41, 5.74) is 2.19. The molecule has 0 radical (unpaired) electrons. The maximum absolute atomic E-state index is 12.9. The summed E-state index contributed by atoms with van der Waals surface area (Å²) in [7, 11) is -4.00. The van der Waals surface area contributed by atoms with Crippen molar-refractivity contribution in [3.8, 4) is 29.8 Å². The van der Waals surface area contributed by atoms with Crippen LogP contribution in [-0.2, 0) is 14.5 Å². The zero-order chi connectivity index (χ0) is 24.7. The topological polar surface area (TPSA) is 101 Å². The van der Waals surface area contributed by atoms with E-state index in [9.17, 15) is 27.4 Å². The minimum atomic E-state index is -4.71. The molecule has 3 aromatic heterocycles. The van der Waals surface area contributed by atoms with Crippen molar-refractivity contribution in [2.24, 2.45) is 0 Å². The summed E-state index contributed by atoms with van der Waals surface area (Å²) in [6, 6.07) is 4.43. The monoisotopic (exact) mass is 485 g/mol. The molecule has 3 heterocycles. The van der Waals surface area contributed by atoms with Gasteiger partial charge >= 0.3 is 6.18 Å². The van der Waals surface area contributed by atoms with Crippen molar-refractivity contribution < 1.29 is 22.2 Å². The molecular weight excluding hydrogens is 467 g/mol. The number of alkyl halides is 3. The Morgan fingerprint density at radius 2 is 2.03 bits per heavy atom. The average molecular weight is 485 g/mol. The van der Waals surface area contributed by atoms with Gasteiger partial charge in [-0.3, -0.25) is 4.98 Å². The van der Waals surface area contributed by atoms with Crippen LogP contribution >= 0.6 is 0 Å². The van der Waals surface area contributed by atoms with E-state index >= 15 is 0 Å². The van der Waals surface area contributed by atoms with Gasteiger partial charge in [0.05, 0.1) is 21.8 Å². The fraction of sp³-hybridized carbons (Fsp3) is 0.304. The summed E-state index contributed by atoms with van der Waals surface area (Å²) in [6.45, 7) is 0.756.